The largest absolute Gasteiger partial charge is 0.453 e. The first kappa shape index (κ1) is 36.3. The highest BCUT2D eigenvalue weighted by Crippen LogP contribution is 2.39. The van der Waals surface area contributed by atoms with Gasteiger partial charge in [0.05, 0.1) is 46.6 Å². The number of thiophene rings is 1. The number of ketones is 2. The van der Waals surface area contributed by atoms with Crippen molar-refractivity contribution in [3.8, 4) is 22.2 Å². The monoisotopic (exact) mass is 704 g/mol. The number of methoxy groups -OCH3 is 1. The van der Waals surface area contributed by atoms with Crippen molar-refractivity contribution in [3.05, 3.63) is 95.4 Å². The molecular formula is C37H38F2N4O6S. The van der Waals surface area contributed by atoms with Crippen LogP contribution in [0.2, 0.25) is 0 Å². The molecule has 0 unspecified atom stereocenters. The number of fused-ring (bicyclic) bond motifs is 1. The first-order valence-electron chi connectivity index (χ1n) is 15.9. The fourth-order valence-corrected chi connectivity index (χ4v) is 6.26. The summed E-state index contributed by atoms with van der Waals surface area (Å²) in [6.45, 7) is 6.37. The number of hydrogen-bond donors (Lipinski definition) is 0. The molecule has 0 bridgehead atoms. The third kappa shape index (κ3) is 9.16. The molecule has 0 aliphatic carbocycles. The molecule has 262 valence electrons. The fourth-order valence-electron chi connectivity index (χ4n) is 5.17. The van der Waals surface area contributed by atoms with E-state index >= 15 is 4.39 Å². The molecular weight excluding hydrogens is 666 g/mol. The van der Waals surface area contributed by atoms with E-state index in [9.17, 15) is 18.8 Å². The van der Waals surface area contributed by atoms with Gasteiger partial charge in [-0.2, -0.15) is 0 Å². The number of aromatic nitrogens is 3. The molecule has 13 heteroatoms. The molecule has 2 aromatic carbocycles. The lowest BCUT2D eigenvalue weighted by Gasteiger charge is -2.27. The Kier molecular flexibility index (Phi) is 11.4. The number of Topliss-reactive ketones (excluding diaryl/α,β-unsaturated/α-hetero) is 2. The van der Waals surface area contributed by atoms with Crippen molar-refractivity contribution in [2.24, 2.45) is 7.05 Å². The van der Waals surface area contributed by atoms with Crippen LogP contribution in [0.15, 0.2) is 67.0 Å². The average molecular weight is 705 g/mol. The van der Waals surface area contributed by atoms with Gasteiger partial charge in [-0.1, -0.05) is 24.3 Å². The Hall–Kier alpha value is -5.01. The van der Waals surface area contributed by atoms with E-state index in [0.29, 0.717) is 40.5 Å². The van der Waals surface area contributed by atoms with Crippen LogP contribution < -0.4 is 4.74 Å². The summed E-state index contributed by atoms with van der Waals surface area (Å²) in [5.74, 6) is -0.992. The molecule has 0 N–H and O–H groups in total. The van der Waals surface area contributed by atoms with Gasteiger partial charge in [-0.05, 0) is 56.2 Å². The van der Waals surface area contributed by atoms with Crippen LogP contribution in [0.5, 0.6) is 11.5 Å². The second-order valence-electron chi connectivity index (χ2n) is 12.7. The number of rotatable bonds is 14. The first-order valence-corrected chi connectivity index (χ1v) is 16.7. The maximum Gasteiger partial charge on any atom is 0.410 e. The molecule has 10 nitrogen and oxygen atoms in total. The minimum atomic E-state index is -0.675. The lowest BCUT2D eigenvalue weighted by atomic mass is 10.0. The third-order valence-electron chi connectivity index (χ3n) is 7.61. The zero-order valence-electron chi connectivity index (χ0n) is 28.5. The van der Waals surface area contributed by atoms with Gasteiger partial charge in [0.25, 0.3) is 0 Å². The van der Waals surface area contributed by atoms with Crippen molar-refractivity contribution in [1.82, 2.24) is 19.4 Å². The Labute approximate surface area is 292 Å². The molecule has 50 heavy (non-hydrogen) atoms. The van der Waals surface area contributed by atoms with Crippen molar-refractivity contribution in [2.45, 2.75) is 52.2 Å². The van der Waals surface area contributed by atoms with Crippen LogP contribution in [0.25, 0.3) is 20.9 Å². The Morgan fingerprint density at radius 3 is 2.42 bits per heavy atom. The molecule has 0 saturated heterocycles. The van der Waals surface area contributed by atoms with Crippen LogP contribution in [0.3, 0.4) is 0 Å². The maximum atomic E-state index is 15.2. The molecule has 0 saturated carbocycles. The van der Waals surface area contributed by atoms with Crippen LogP contribution in [-0.4, -0.2) is 63.0 Å². The zero-order valence-corrected chi connectivity index (χ0v) is 29.3. The number of nitrogens with zero attached hydrogens (tertiary/aromatic N) is 4. The fraction of sp³-hybridized carbons (Fsp3) is 0.324. The molecule has 0 fully saturated rings. The van der Waals surface area contributed by atoms with E-state index < -0.39 is 34.9 Å². The summed E-state index contributed by atoms with van der Waals surface area (Å²) in [6, 6.07) is 13.6. The lowest BCUT2D eigenvalue weighted by molar-refractivity contribution is -0.126. The number of ether oxygens (including phenoxy) is 3. The summed E-state index contributed by atoms with van der Waals surface area (Å²) >= 11 is 1.38. The number of pyridine rings is 1. The summed E-state index contributed by atoms with van der Waals surface area (Å²) in [7, 11) is 3.43. The third-order valence-corrected chi connectivity index (χ3v) is 8.74. The predicted molar refractivity (Wildman–Crippen MR) is 185 cm³/mol. The van der Waals surface area contributed by atoms with Gasteiger partial charge in [0.2, 0.25) is 0 Å². The minimum Gasteiger partial charge on any atom is -0.453 e. The molecule has 5 aromatic rings. The van der Waals surface area contributed by atoms with Crippen molar-refractivity contribution in [2.75, 3.05) is 20.3 Å². The average Bonchev–Trinajstić information content (AvgIpc) is 3.64. The summed E-state index contributed by atoms with van der Waals surface area (Å²) in [5, 5.41) is 0. The number of hydrogen-bond acceptors (Lipinski definition) is 9. The van der Waals surface area contributed by atoms with Crippen LogP contribution in [0, 0.1) is 11.6 Å². The zero-order chi connectivity index (χ0) is 36.0. The Bertz CT molecular complexity index is 2020. The van der Waals surface area contributed by atoms with Gasteiger partial charge in [0.1, 0.15) is 34.6 Å². The van der Waals surface area contributed by atoms with Crippen LogP contribution >= 0.6 is 11.3 Å². The quantitative estimate of drug-likeness (QED) is 0.110. The molecule has 3 aromatic heterocycles. The van der Waals surface area contributed by atoms with Gasteiger partial charge in [-0.25, -0.2) is 18.6 Å². The highest BCUT2D eigenvalue weighted by molar-refractivity contribution is 7.22. The minimum absolute atomic E-state index is 0.0446. The molecule has 0 aliphatic rings. The number of imidazole rings is 1. The van der Waals surface area contributed by atoms with E-state index in [-0.39, 0.29) is 37.1 Å². The van der Waals surface area contributed by atoms with Crippen molar-refractivity contribution < 1.29 is 37.4 Å². The van der Waals surface area contributed by atoms with Gasteiger partial charge < -0.3 is 23.7 Å². The van der Waals surface area contributed by atoms with E-state index in [2.05, 4.69) is 9.97 Å². The summed E-state index contributed by atoms with van der Waals surface area (Å²) in [5.41, 5.74) is 1.37. The smallest absolute Gasteiger partial charge is 0.410 e. The van der Waals surface area contributed by atoms with E-state index in [0.717, 1.165) is 10.6 Å². The Balaban J connectivity index is 1.27. The lowest BCUT2D eigenvalue weighted by Crippen LogP contribution is -2.38. The molecule has 0 aliphatic heterocycles. The topological polar surface area (TPSA) is 113 Å². The van der Waals surface area contributed by atoms with E-state index in [1.807, 2.05) is 38.5 Å². The standard InChI is InChI=1S/C37H38F2N4O6S/c1-37(2,3)49-36(46)43(14-15-47-5)22-25-21-41-35(42(25)4)33-20-30-34(50-33)32(12-13-40-30)48-31-11-10-23(17-29(31)39)16-26(44)19-27(45)18-24-8-6-7-9-28(24)38/h6-13,17,20-21H,14-16,18-19,22H2,1-5H3. The highest BCUT2D eigenvalue weighted by atomic mass is 32.1. The van der Waals surface area contributed by atoms with Crippen LogP contribution in [-0.2, 0) is 45.5 Å². The molecule has 3 heterocycles. The van der Waals surface area contributed by atoms with Crippen LogP contribution in [0.4, 0.5) is 13.6 Å². The second-order valence-corrected chi connectivity index (χ2v) is 13.8. The molecule has 0 spiro atoms. The molecule has 5 rings (SSSR count). The highest BCUT2D eigenvalue weighted by Gasteiger charge is 2.24. The molecule has 1 amide bonds. The van der Waals surface area contributed by atoms with Gasteiger partial charge in [-0.15, -0.1) is 11.3 Å². The number of carbonyl (C=O) groups excluding carboxylic acids is 3. The number of carbonyl (C=O) groups is 3. The number of benzene rings is 2. The Morgan fingerprint density at radius 2 is 1.70 bits per heavy atom. The normalized spacial score (nSPS) is 11.5. The number of amides is 1. The first-order chi connectivity index (χ1) is 23.8. The van der Waals surface area contributed by atoms with Gasteiger partial charge in [0.15, 0.2) is 11.6 Å². The summed E-state index contributed by atoms with van der Waals surface area (Å²) in [4.78, 5) is 49.2. The number of halogens is 2. The summed E-state index contributed by atoms with van der Waals surface area (Å²) < 4.78 is 48.4. The maximum absolute atomic E-state index is 15.2. The van der Waals surface area contributed by atoms with E-state index in [1.54, 1.807) is 42.6 Å². The Morgan fingerprint density at radius 1 is 0.940 bits per heavy atom. The van der Waals surface area contributed by atoms with Gasteiger partial charge >= 0.3 is 6.09 Å². The van der Waals surface area contributed by atoms with Crippen LogP contribution in [0.1, 0.15) is 44.0 Å². The summed E-state index contributed by atoms with van der Waals surface area (Å²) in [6.07, 6.45) is 2.10. The van der Waals surface area contributed by atoms with Crippen molar-refractivity contribution in [3.63, 3.8) is 0 Å². The van der Waals surface area contributed by atoms with E-state index in [1.165, 1.54) is 41.7 Å². The van der Waals surface area contributed by atoms with Gasteiger partial charge in [0, 0.05) is 45.8 Å². The molecule has 0 atom stereocenters. The van der Waals surface area contributed by atoms with Crippen molar-refractivity contribution >= 4 is 39.2 Å². The SMILES string of the molecule is COCCN(Cc1cnc(-c2cc3nccc(Oc4ccc(CC(=O)CC(=O)Cc5ccccc5F)cc4F)c3s2)n1C)C(=O)OC(C)(C)C. The van der Waals surface area contributed by atoms with Crippen molar-refractivity contribution in [1.29, 1.82) is 0 Å². The van der Waals surface area contributed by atoms with E-state index in [4.69, 9.17) is 14.2 Å². The molecule has 0 radical (unpaired) electrons. The van der Waals surface area contributed by atoms with Gasteiger partial charge in [-0.3, -0.25) is 14.6 Å². The second kappa shape index (κ2) is 15.7. The predicted octanol–water partition coefficient (Wildman–Crippen LogP) is 7.46.